The van der Waals surface area contributed by atoms with Gasteiger partial charge in [-0.25, -0.2) is 8.42 Å². The number of para-hydroxylation sites is 1. The molecule has 36 heavy (non-hydrogen) atoms. The number of likely N-dealkylation sites (tertiary alicyclic amines) is 1. The van der Waals surface area contributed by atoms with Gasteiger partial charge >= 0.3 is 0 Å². The molecule has 0 bridgehead atoms. The lowest BCUT2D eigenvalue weighted by Gasteiger charge is -2.25. The topological polar surface area (TPSA) is 86.8 Å². The molecule has 1 saturated heterocycles. The SMILES string of the molecule is Cc1ccccc1N(CC(=O)NCc1cccc(CN2CCCC2=O)c1)S(=O)(=O)c1ccc(Cl)cc1. The Balaban J connectivity index is 1.49. The molecule has 0 atom stereocenters. The van der Waals surface area contributed by atoms with Crippen molar-refractivity contribution >= 4 is 39.1 Å². The molecule has 1 aliphatic heterocycles. The monoisotopic (exact) mass is 525 g/mol. The van der Waals surface area contributed by atoms with E-state index in [2.05, 4.69) is 5.32 Å². The molecule has 0 radical (unpaired) electrons. The average Bonchev–Trinajstić information content (AvgIpc) is 3.26. The summed E-state index contributed by atoms with van der Waals surface area (Å²) in [4.78, 5) is 26.8. The highest BCUT2D eigenvalue weighted by atomic mass is 35.5. The van der Waals surface area contributed by atoms with Crippen LogP contribution in [0.15, 0.2) is 77.7 Å². The summed E-state index contributed by atoms with van der Waals surface area (Å²) in [5, 5.41) is 3.26. The van der Waals surface area contributed by atoms with Gasteiger partial charge in [0.15, 0.2) is 0 Å². The zero-order valence-corrected chi connectivity index (χ0v) is 21.6. The maximum Gasteiger partial charge on any atom is 0.264 e. The maximum atomic E-state index is 13.5. The van der Waals surface area contributed by atoms with Crippen molar-refractivity contribution in [1.29, 1.82) is 0 Å². The summed E-state index contributed by atoms with van der Waals surface area (Å²) in [5.74, 6) is -0.275. The van der Waals surface area contributed by atoms with Crippen molar-refractivity contribution < 1.29 is 18.0 Å². The van der Waals surface area contributed by atoms with Crippen LogP contribution in [-0.4, -0.2) is 38.2 Å². The van der Waals surface area contributed by atoms with Crippen LogP contribution in [0.2, 0.25) is 5.02 Å². The summed E-state index contributed by atoms with van der Waals surface area (Å²) >= 11 is 5.94. The number of benzene rings is 3. The molecule has 188 valence electrons. The third kappa shape index (κ3) is 6.06. The van der Waals surface area contributed by atoms with Crippen LogP contribution < -0.4 is 9.62 Å². The van der Waals surface area contributed by atoms with Crippen LogP contribution in [0.4, 0.5) is 5.69 Å². The average molecular weight is 526 g/mol. The molecule has 4 rings (SSSR count). The largest absolute Gasteiger partial charge is 0.350 e. The first-order valence-corrected chi connectivity index (χ1v) is 13.5. The van der Waals surface area contributed by atoms with Gasteiger partial charge in [0.25, 0.3) is 10.0 Å². The van der Waals surface area contributed by atoms with Crippen molar-refractivity contribution in [3.05, 3.63) is 94.5 Å². The molecular formula is C27H28ClN3O4S. The van der Waals surface area contributed by atoms with Crippen molar-refractivity contribution in [1.82, 2.24) is 10.2 Å². The van der Waals surface area contributed by atoms with Crippen molar-refractivity contribution in [3.63, 3.8) is 0 Å². The van der Waals surface area contributed by atoms with E-state index in [1.54, 1.807) is 25.1 Å². The van der Waals surface area contributed by atoms with Crippen molar-refractivity contribution in [3.8, 4) is 0 Å². The Kier molecular flexibility index (Phi) is 7.96. The second kappa shape index (κ2) is 11.1. The molecule has 0 aliphatic carbocycles. The summed E-state index contributed by atoms with van der Waals surface area (Å²) in [5.41, 5.74) is 3.02. The van der Waals surface area contributed by atoms with E-state index < -0.39 is 15.9 Å². The quantitative estimate of drug-likeness (QED) is 0.451. The molecule has 0 spiro atoms. The van der Waals surface area contributed by atoms with Gasteiger partial charge in [-0.1, -0.05) is 54.1 Å². The number of rotatable bonds is 9. The predicted octanol–water partition coefficient (Wildman–Crippen LogP) is 4.28. The highest BCUT2D eigenvalue weighted by molar-refractivity contribution is 7.92. The minimum absolute atomic E-state index is 0.0483. The Bertz CT molecular complexity index is 1360. The van der Waals surface area contributed by atoms with Gasteiger partial charge in [-0.3, -0.25) is 13.9 Å². The number of sulfonamides is 1. The fraction of sp³-hybridized carbons (Fsp3) is 0.259. The summed E-state index contributed by atoms with van der Waals surface area (Å²) in [6.45, 7) is 2.97. The van der Waals surface area contributed by atoms with Gasteiger partial charge in [-0.05, 0) is 60.4 Å². The van der Waals surface area contributed by atoms with Gasteiger partial charge in [-0.15, -0.1) is 0 Å². The minimum Gasteiger partial charge on any atom is -0.350 e. The number of carbonyl (C=O) groups is 2. The van der Waals surface area contributed by atoms with E-state index in [1.807, 2.05) is 35.2 Å². The lowest BCUT2D eigenvalue weighted by atomic mass is 10.1. The third-order valence-electron chi connectivity index (χ3n) is 6.10. The van der Waals surface area contributed by atoms with E-state index in [0.29, 0.717) is 23.7 Å². The number of aryl methyl sites for hydroxylation is 1. The smallest absolute Gasteiger partial charge is 0.264 e. The molecular weight excluding hydrogens is 498 g/mol. The van der Waals surface area contributed by atoms with Crippen LogP contribution in [0.3, 0.4) is 0 Å². The second-order valence-corrected chi connectivity index (χ2v) is 11.1. The third-order valence-corrected chi connectivity index (χ3v) is 8.12. The second-order valence-electron chi connectivity index (χ2n) is 8.77. The predicted molar refractivity (Wildman–Crippen MR) is 140 cm³/mol. The number of hydrogen-bond donors (Lipinski definition) is 1. The molecule has 7 nitrogen and oxygen atoms in total. The molecule has 3 aromatic rings. The fourth-order valence-corrected chi connectivity index (χ4v) is 5.80. The number of nitrogens with one attached hydrogen (secondary N) is 1. The number of anilines is 1. The van der Waals surface area contributed by atoms with Crippen LogP contribution in [0.5, 0.6) is 0 Å². The summed E-state index contributed by atoms with van der Waals surface area (Å²) in [6, 6.07) is 20.6. The highest BCUT2D eigenvalue weighted by Gasteiger charge is 2.28. The minimum atomic E-state index is -4.02. The lowest BCUT2D eigenvalue weighted by molar-refractivity contribution is -0.128. The Hall–Kier alpha value is -3.36. The molecule has 0 aromatic heterocycles. The number of carbonyl (C=O) groups excluding carboxylic acids is 2. The molecule has 3 aromatic carbocycles. The van der Waals surface area contributed by atoms with Crippen molar-refractivity contribution in [2.75, 3.05) is 17.4 Å². The van der Waals surface area contributed by atoms with Crippen LogP contribution >= 0.6 is 11.6 Å². The summed E-state index contributed by atoms with van der Waals surface area (Å²) in [6.07, 6.45) is 1.47. The first-order valence-electron chi connectivity index (χ1n) is 11.7. The Labute approximate surface area is 216 Å². The van der Waals surface area contributed by atoms with E-state index in [0.717, 1.165) is 34.0 Å². The molecule has 9 heteroatoms. The number of halogens is 1. The van der Waals surface area contributed by atoms with Gasteiger partial charge in [0, 0.05) is 31.1 Å². The Morgan fingerprint density at radius 2 is 1.75 bits per heavy atom. The zero-order chi connectivity index (χ0) is 25.7. The molecule has 2 amide bonds. The molecule has 1 aliphatic rings. The van der Waals surface area contributed by atoms with E-state index in [4.69, 9.17) is 11.6 Å². The summed E-state index contributed by atoms with van der Waals surface area (Å²) < 4.78 is 28.1. The molecule has 1 N–H and O–H groups in total. The molecule has 0 saturated carbocycles. The number of nitrogens with zero attached hydrogens (tertiary/aromatic N) is 2. The van der Waals surface area contributed by atoms with E-state index in [-0.39, 0.29) is 23.9 Å². The number of amides is 2. The first kappa shape index (κ1) is 25.7. The van der Waals surface area contributed by atoms with E-state index in [1.165, 1.54) is 24.3 Å². The van der Waals surface area contributed by atoms with Gasteiger partial charge in [0.1, 0.15) is 6.54 Å². The normalized spacial score (nSPS) is 13.6. The maximum absolute atomic E-state index is 13.5. The van der Waals surface area contributed by atoms with Crippen LogP contribution in [-0.2, 0) is 32.7 Å². The summed E-state index contributed by atoms with van der Waals surface area (Å²) in [7, 11) is -4.02. The molecule has 1 fully saturated rings. The number of hydrogen-bond acceptors (Lipinski definition) is 4. The van der Waals surface area contributed by atoms with E-state index >= 15 is 0 Å². The van der Waals surface area contributed by atoms with Gasteiger partial charge in [0.05, 0.1) is 10.6 Å². The van der Waals surface area contributed by atoms with Crippen molar-refractivity contribution in [2.45, 2.75) is 37.8 Å². The Morgan fingerprint density at radius 1 is 1.03 bits per heavy atom. The molecule has 0 unspecified atom stereocenters. The first-order chi connectivity index (χ1) is 17.2. The van der Waals surface area contributed by atoms with Gasteiger partial charge < -0.3 is 10.2 Å². The highest BCUT2D eigenvalue weighted by Crippen LogP contribution is 2.27. The van der Waals surface area contributed by atoms with Gasteiger partial charge in [0.2, 0.25) is 11.8 Å². The lowest BCUT2D eigenvalue weighted by Crippen LogP contribution is -2.41. The Morgan fingerprint density at radius 3 is 2.44 bits per heavy atom. The molecule has 1 heterocycles. The standard InChI is InChI=1S/C27H28ClN3O4S/c1-20-6-2-3-9-25(20)31(36(34,35)24-13-11-23(28)12-14-24)19-26(32)29-17-21-7-4-8-22(16-21)18-30-15-5-10-27(30)33/h2-4,6-9,11-14,16H,5,10,15,17-19H2,1H3,(H,29,32). The van der Waals surface area contributed by atoms with Crippen LogP contribution in [0.25, 0.3) is 0 Å². The van der Waals surface area contributed by atoms with Crippen LogP contribution in [0.1, 0.15) is 29.5 Å². The van der Waals surface area contributed by atoms with Crippen LogP contribution in [0, 0.1) is 6.92 Å². The zero-order valence-electron chi connectivity index (χ0n) is 20.0. The fourth-order valence-electron chi connectivity index (χ4n) is 4.19. The van der Waals surface area contributed by atoms with Crippen molar-refractivity contribution in [2.24, 2.45) is 0 Å². The van der Waals surface area contributed by atoms with E-state index in [9.17, 15) is 18.0 Å². The van der Waals surface area contributed by atoms with Gasteiger partial charge in [-0.2, -0.15) is 0 Å².